The van der Waals surface area contributed by atoms with Crippen LogP contribution in [-0.2, 0) is 11.3 Å². The van der Waals surface area contributed by atoms with Crippen LogP contribution in [0.15, 0.2) is 30.3 Å². The molecule has 2 atom stereocenters. The van der Waals surface area contributed by atoms with Gasteiger partial charge in [-0.3, -0.25) is 4.79 Å². The number of rotatable bonds is 4. The van der Waals surface area contributed by atoms with E-state index in [0.29, 0.717) is 24.9 Å². The van der Waals surface area contributed by atoms with Crippen LogP contribution in [0.1, 0.15) is 31.7 Å². The molecule has 1 fully saturated rings. The van der Waals surface area contributed by atoms with Crippen molar-refractivity contribution in [1.82, 2.24) is 10.6 Å². The number of carbonyl (C=O) groups is 1. The number of hydrogen-bond donors (Lipinski definition) is 2. The van der Waals surface area contributed by atoms with Gasteiger partial charge in [0.2, 0.25) is 5.91 Å². The Labute approximate surface area is 109 Å². The van der Waals surface area contributed by atoms with E-state index in [2.05, 4.69) is 17.6 Å². The van der Waals surface area contributed by atoms with Gasteiger partial charge in [-0.1, -0.05) is 37.3 Å². The highest BCUT2D eigenvalue weighted by Gasteiger charge is 2.22. The molecule has 3 nitrogen and oxygen atoms in total. The number of hydrogen-bond acceptors (Lipinski definition) is 2. The van der Waals surface area contributed by atoms with Gasteiger partial charge in [-0.25, -0.2) is 0 Å². The monoisotopic (exact) mass is 246 g/mol. The third kappa shape index (κ3) is 3.84. The number of benzene rings is 1. The van der Waals surface area contributed by atoms with Crippen molar-refractivity contribution in [2.45, 2.75) is 38.8 Å². The second-order valence-corrected chi connectivity index (χ2v) is 5.15. The summed E-state index contributed by atoms with van der Waals surface area (Å²) in [6, 6.07) is 10.4. The van der Waals surface area contributed by atoms with Crippen LogP contribution >= 0.6 is 0 Å². The van der Waals surface area contributed by atoms with Gasteiger partial charge in [0, 0.05) is 19.0 Å². The van der Waals surface area contributed by atoms with E-state index in [1.54, 1.807) is 0 Å². The molecule has 1 aromatic rings. The van der Waals surface area contributed by atoms with Crippen molar-refractivity contribution in [3.05, 3.63) is 35.9 Å². The van der Waals surface area contributed by atoms with E-state index in [1.165, 1.54) is 12.8 Å². The number of carbonyl (C=O) groups excluding carboxylic acids is 1. The fraction of sp³-hybridized carbons (Fsp3) is 0.533. The van der Waals surface area contributed by atoms with Gasteiger partial charge in [0.25, 0.3) is 0 Å². The Morgan fingerprint density at radius 1 is 1.39 bits per heavy atom. The van der Waals surface area contributed by atoms with E-state index in [-0.39, 0.29) is 5.91 Å². The van der Waals surface area contributed by atoms with E-state index in [0.717, 1.165) is 12.1 Å². The number of amides is 1. The van der Waals surface area contributed by atoms with E-state index in [9.17, 15) is 4.79 Å². The molecule has 98 valence electrons. The summed E-state index contributed by atoms with van der Waals surface area (Å²) in [7, 11) is 0. The minimum atomic E-state index is 0.144. The van der Waals surface area contributed by atoms with Gasteiger partial charge >= 0.3 is 0 Å². The van der Waals surface area contributed by atoms with Gasteiger partial charge in [-0.05, 0) is 30.9 Å². The van der Waals surface area contributed by atoms with E-state index in [4.69, 9.17) is 0 Å². The molecule has 2 rings (SSSR count). The summed E-state index contributed by atoms with van der Waals surface area (Å²) in [4.78, 5) is 11.9. The van der Waals surface area contributed by atoms with Crippen LogP contribution < -0.4 is 10.6 Å². The van der Waals surface area contributed by atoms with Crippen LogP contribution in [-0.4, -0.2) is 18.5 Å². The zero-order valence-electron chi connectivity index (χ0n) is 11.0. The highest BCUT2D eigenvalue weighted by molar-refractivity contribution is 5.76. The molecule has 1 aromatic carbocycles. The van der Waals surface area contributed by atoms with Crippen molar-refractivity contribution < 1.29 is 4.79 Å². The molecule has 0 radical (unpaired) electrons. The molecular weight excluding hydrogens is 224 g/mol. The second-order valence-electron chi connectivity index (χ2n) is 5.15. The minimum absolute atomic E-state index is 0.144. The Balaban J connectivity index is 1.75. The standard InChI is InChI=1S/C15H22N2O/c1-12-6-5-9-16-14(12)10-15(18)17-11-13-7-3-2-4-8-13/h2-4,7-8,12,14,16H,5-6,9-11H2,1H3,(H,17,18). The summed E-state index contributed by atoms with van der Waals surface area (Å²) in [6.07, 6.45) is 3.04. The summed E-state index contributed by atoms with van der Waals surface area (Å²) in [6.45, 7) is 3.89. The van der Waals surface area contributed by atoms with Crippen molar-refractivity contribution in [3.8, 4) is 0 Å². The average Bonchev–Trinajstić information content (AvgIpc) is 2.40. The van der Waals surface area contributed by atoms with E-state index in [1.807, 2.05) is 30.3 Å². The Hall–Kier alpha value is -1.35. The number of nitrogens with one attached hydrogen (secondary N) is 2. The van der Waals surface area contributed by atoms with Gasteiger partial charge in [0.15, 0.2) is 0 Å². The van der Waals surface area contributed by atoms with Crippen molar-refractivity contribution in [1.29, 1.82) is 0 Å². The van der Waals surface area contributed by atoms with Crippen LogP contribution in [0.3, 0.4) is 0 Å². The summed E-state index contributed by atoms with van der Waals surface area (Å²) in [5.74, 6) is 0.742. The molecule has 3 heteroatoms. The molecule has 0 aliphatic carbocycles. The molecule has 1 amide bonds. The number of piperidine rings is 1. The summed E-state index contributed by atoms with van der Waals surface area (Å²) < 4.78 is 0. The lowest BCUT2D eigenvalue weighted by molar-refractivity contribution is -0.122. The molecule has 1 aliphatic heterocycles. The molecule has 0 spiro atoms. The SMILES string of the molecule is CC1CCCNC1CC(=O)NCc1ccccc1. The molecule has 1 heterocycles. The lowest BCUT2D eigenvalue weighted by Crippen LogP contribution is -2.43. The van der Waals surface area contributed by atoms with Gasteiger partial charge in [0.05, 0.1) is 0 Å². The first kappa shape index (κ1) is 13.1. The highest BCUT2D eigenvalue weighted by Crippen LogP contribution is 2.17. The molecule has 2 N–H and O–H groups in total. The third-order valence-electron chi connectivity index (χ3n) is 3.67. The maximum Gasteiger partial charge on any atom is 0.221 e. The summed E-state index contributed by atoms with van der Waals surface area (Å²) >= 11 is 0. The normalized spacial score (nSPS) is 23.6. The molecule has 0 saturated carbocycles. The average molecular weight is 246 g/mol. The molecule has 18 heavy (non-hydrogen) atoms. The Morgan fingerprint density at radius 2 is 2.17 bits per heavy atom. The van der Waals surface area contributed by atoms with Crippen molar-refractivity contribution in [3.63, 3.8) is 0 Å². The van der Waals surface area contributed by atoms with Crippen LogP contribution in [0.2, 0.25) is 0 Å². The lowest BCUT2D eigenvalue weighted by atomic mass is 9.90. The molecular formula is C15H22N2O. The lowest BCUT2D eigenvalue weighted by Gasteiger charge is -2.29. The molecule has 1 saturated heterocycles. The smallest absolute Gasteiger partial charge is 0.221 e. The van der Waals surface area contributed by atoms with Crippen LogP contribution in [0.4, 0.5) is 0 Å². The predicted molar refractivity (Wildman–Crippen MR) is 73.1 cm³/mol. The Morgan fingerprint density at radius 3 is 2.89 bits per heavy atom. The summed E-state index contributed by atoms with van der Waals surface area (Å²) in [5.41, 5.74) is 1.15. The topological polar surface area (TPSA) is 41.1 Å². The zero-order chi connectivity index (χ0) is 12.8. The first-order chi connectivity index (χ1) is 8.75. The van der Waals surface area contributed by atoms with Crippen molar-refractivity contribution in [2.24, 2.45) is 5.92 Å². The maximum atomic E-state index is 11.9. The van der Waals surface area contributed by atoms with Crippen molar-refractivity contribution >= 4 is 5.91 Å². The largest absolute Gasteiger partial charge is 0.352 e. The third-order valence-corrected chi connectivity index (χ3v) is 3.67. The first-order valence-electron chi connectivity index (χ1n) is 6.79. The zero-order valence-corrected chi connectivity index (χ0v) is 11.0. The van der Waals surface area contributed by atoms with Gasteiger partial charge in [0.1, 0.15) is 0 Å². The van der Waals surface area contributed by atoms with Gasteiger partial charge in [-0.15, -0.1) is 0 Å². The second kappa shape index (κ2) is 6.55. The molecule has 2 unspecified atom stereocenters. The van der Waals surface area contributed by atoms with Gasteiger partial charge < -0.3 is 10.6 Å². The Kier molecular flexibility index (Phi) is 4.76. The van der Waals surface area contributed by atoms with E-state index < -0.39 is 0 Å². The van der Waals surface area contributed by atoms with Crippen LogP contribution in [0.5, 0.6) is 0 Å². The minimum Gasteiger partial charge on any atom is -0.352 e. The quantitative estimate of drug-likeness (QED) is 0.854. The molecule has 1 aliphatic rings. The molecule has 0 aromatic heterocycles. The van der Waals surface area contributed by atoms with Gasteiger partial charge in [-0.2, -0.15) is 0 Å². The fourth-order valence-corrected chi connectivity index (χ4v) is 2.46. The molecule has 0 bridgehead atoms. The fourth-order valence-electron chi connectivity index (χ4n) is 2.46. The maximum absolute atomic E-state index is 11.9. The van der Waals surface area contributed by atoms with E-state index >= 15 is 0 Å². The first-order valence-corrected chi connectivity index (χ1v) is 6.79. The predicted octanol–water partition coefficient (Wildman–Crippen LogP) is 2.08. The van der Waals surface area contributed by atoms with Crippen LogP contribution in [0.25, 0.3) is 0 Å². The highest BCUT2D eigenvalue weighted by atomic mass is 16.1. The Bertz CT molecular complexity index is 377. The van der Waals surface area contributed by atoms with Crippen molar-refractivity contribution in [2.75, 3.05) is 6.54 Å². The summed E-state index contributed by atoms with van der Waals surface area (Å²) in [5, 5.41) is 6.42. The van der Waals surface area contributed by atoms with Crippen LogP contribution in [0, 0.1) is 5.92 Å².